The monoisotopic (exact) mass is 154 g/mol. The maximum atomic E-state index is 9.04. The molecule has 2 aliphatic carbocycles. The number of aliphatic hydroxyl groups is 2. The highest BCUT2D eigenvalue weighted by Gasteiger charge is 2.38. The third-order valence-corrected chi connectivity index (χ3v) is 3.22. The van der Waals surface area contributed by atoms with Gasteiger partial charge in [-0.3, -0.25) is 0 Å². The number of rotatable bonds is 1. The van der Waals surface area contributed by atoms with Gasteiger partial charge in [0.05, 0.1) is 0 Å². The van der Waals surface area contributed by atoms with E-state index in [1.54, 1.807) is 0 Å². The van der Waals surface area contributed by atoms with Gasteiger partial charge in [0.15, 0.2) is 6.29 Å². The topological polar surface area (TPSA) is 40.5 Å². The van der Waals surface area contributed by atoms with Gasteiger partial charge < -0.3 is 10.2 Å². The van der Waals surface area contributed by atoms with Crippen LogP contribution < -0.4 is 0 Å². The Hall–Kier alpha value is -0.340. The van der Waals surface area contributed by atoms with Crippen molar-refractivity contribution in [1.82, 2.24) is 0 Å². The van der Waals surface area contributed by atoms with Gasteiger partial charge in [-0.05, 0) is 43.6 Å². The summed E-state index contributed by atoms with van der Waals surface area (Å²) < 4.78 is 0. The highest BCUT2D eigenvalue weighted by molar-refractivity contribution is 5.28. The van der Waals surface area contributed by atoms with Crippen molar-refractivity contribution in [2.24, 2.45) is 11.8 Å². The van der Waals surface area contributed by atoms with E-state index in [2.05, 4.69) is 0 Å². The van der Waals surface area contributed by atoms with Crippen molar-refractivity contribution in [1.29, 1.82) is 0 Å². The molecular formula is C9H14O2. The van der Waals surface area contributed by atoms with Gasteiger partial charge in [0.25, 0.3) is 0 Å². The van der Waals surface area contributed by atoms with E-state index in [1.165, 1.54) is 18.4 Å². The zero-order valence-electron chi connectivity index (χ0n) is 6.75. The molecule has 2 atom stereocenters. The second-order valence-corrected chi connectivity index (χ2v) is 3.72. The molecule has 0 saturated heterocycles. The summed E-state index contributed by atoms with van der Waals surface area (Å²) in [5.41, 5.74) is 2.16. The lowest BCUT2D eigenvalue weighted by Gasteiger charge is -2.18. The van der Waals surface area contributed by atoms with Gasteiger partial charge in [-0.25, -0.2) is 0 Å². The Bertz CT molecular complexity index is 206. The van der Waals surface area contributed by atoms with Crippen molar-refractivity contribution in [2.75, 3.05) is 0 Å². The first kappa shape index (κ1) is 7.32. The first-order chi connectivity index (χ1) is 5.20. The summed E-state index contributed by atoms with van der Waals surface area (Å²) in [7, 11) is 0. The van der Waals surface area contributed by atoms with E-state index < -0.39 is 6.29 Å². The molecule has 1 fully saturated rings. The molecule has 0 aromatic heterocycles. The number of aliphatic hydroxyl groups excluding tert-OH is 1. The SMILES string of the molecule is CC1=C(C(O)O)C2CCC1C2. The van der Waals surface area contributed by atoms with Crippen LogP contribution >= 0.6 is 0 Å². The molecule has 0 radical (unpaired) electrons. The molecule has 11 heavy (non-hydrogen) atoms. The van der Waals surface area contributed by atoms with Crippen molar-refractivity contribution in [3.63, 3.8) is 0 Å². The lowest BCUT2D eigenvalue weighted by Crippen LogP contribution is -2.16. The van der Waals surface area contributed by atoms with Gasteiger partial charge in [0.2, 0.25) is 0 Å². The Kier molecular flexibility index (Phi) is 1.55. The zero-order valence-corrected chi connectivity index (χ0v) is 6.75. The van der Waals surface area contributed by atoms with Crippen LogP contribution in [0.25, 0.3) is 0 Å². The average molecular weight is 154 g/mol. The van der Waals surface area contributed by atoms with E-state index in [-0.39, 0.29) is 0 Å². The number of allylic oxidation sites excluding steroid dienone is 1. The molecule has 2 aliphatic rings. The summed E-state index contributed by atoms with van der Waals surface area (Å²) >= 11 is 0. The molecular weight excluding hydrogens is 140 g/mol. The Labute approximate surface area is 66.5 Å². The summed E-state index contributed by atoms with van der Waals surface area (Å²) in [6.07, 6.45) is 2.39. The Balaban J connectivity index is 2.30. The third-order valence-electron chi connectivity index (χ3n) is 3.22. The molecule has 0 aromatic rings. The summed E-state index contributed by atoms with van der Waals surface area (Å²) in [5, 5.41) is 18.1. The average Bonchev–Trinajstić information content (AvgIpc) is 2.44. The van der Waals surface area contributed by atoms with Gasteiger partial charge in [-0.2, -0.15) is 0 Å². The van der Waals surface area contributed by atoms with Crippen LogP contribution in [-0.2, 0) is 0 Å². The van der Waals surface area contributed by atoms with E-state index in [4.69, 9.17) is 10.2 Å². The van der Waals surface area contributed by atoms with Crippen molar-refractivity contribution in [2.45, 2.75) is 32.5 Å². The van der Waals surface area contributed by atoms with Crippen LogP contribution in [0.15, 0.2) is 11.1 Å². The molecule has 1 saturated carbocycles. The molecule has 62 valence electrons. The van der Waals surface area contributed by atoms with E-state index in [0.717, 1.165) is 12.0 Å². The van der Waals surface area contributed by atoms with Crippen LogP contribution in [0.2, 0.25) is 0 Å². The van der Waals surface area contributed by atoms with Gasteiger partial charge in [-0.15, -0.1) is 0 Å². The molecule has 2 bridgehead atoms. The lowest BCUT2D eigenvalue weighted by atomic mass is 9.92. The molecule has 0 aliphatic heterocycles. The van der Waals surface area contributed by atoms with Crippen LogP contribution in [-0.4, -0.2) is 16.5 Å². The van der Waals surface area contributed by atoms with Crippen LogP contribution in [0, 0.1) is 11.8 Å². The van der Waals surface area contributed by atoms with Crippen molar-refractivity contribution in [3.8, 4) is 0 Å². The summed E-state index contributed by atoms with van der Waals surface area (Å²) in [6, 6.07) is 0. The predicted molar refractivity (Wildman–Crippen MR) is 41.8 cm³/mol. The third kappa shape index (κ3) is 0.932. The van der Waals surface area contributed by atoms with Crippen molar-refractivity contribution in [3.05, 3.63) is 11.1 Å². The predicted octanol–water partition coefficient (Wildman–Crippen LogP) is 1.04. The maximum absolute atomic E-state index is 9.04. The molecule has 0 aromatic carbocycles. The first-order valence-corrected chi connectivity index (χ1v) is 4.27. The largest absolute Gasteiger partial charge is 0.365 e. The molecule has 2 unspecified atom stereocenters. The maximum Gasteiger partial charge on any atom is 0.174 e. The molecule has 2 N–H and O–H groups in total. The van der Waals surface area contributed by atoms with Crippen molar-refractivity contribution < 1.29 is 10.2 Å². The fourth-order valence-electron chi connectivity index (χ4n) is 2.63. The van der Waals surface area contributed by atoms with Gasteiger partial charge >= 0.3 is 0 Å². The lowest BCUT2D eigenvalue weighted by molar-refractivity contribution is -0.0151. The minimum atomic E-state index is -1.19. The highest BCUT2D eigenvalue weighted by Crippen LogP contribution is 2.48. The van der Waals surface area contributed by atoms with Gasteiger partial charge in [-0.1, -0.05) is 5.57 Å². The number of fused-ring (bicyclic) bond motifs is 2. The first-order valence-electron chi connectivity index (χ1n) is 4.27. The van der Waals surface area contributed by atoms with E-state index in [1.807, 2.05) is 6.92 Å². The fourth-order valence-corrected chi connectivity index (χ4v) is 2.63. The zero-order chi connectivity index (χ0) is 8.01. The summed E-state index contributed by atoms with van der Waals surface area (Å²) in [5.74, 6) is 1.15. The quantitative estimate of drug-likeness (QED) is 0.437. The highest BCUT2D eigenvalue weighted by atomic mass is 16.5. The Morgan fingerprint density at radius 3 is 2.27 bits per heavy atom. The fraction of sp³-hybridized carbons (Fsp3) is 0.778. The molecule has 2 nitrogen and oxygen atoms in total. The number of hydrogen-bond acceptors (Lipinski definition) is 2. The second-order valence-electron chi connectivity index (χ2n) is 3.72. The molecule has 2 heteroatoms. The minimum absolute atomic E-state index is 0.486. The molecule has 0 spiro atoms. The smallest absolute Gasteiger partial charge is 0.174 e. The Morgan fingerprint density at radius 1 is 1.27 bits per heavy atom. The second kappa shape index (κ2) is 2.32. The standard InChI is InChI=1S/C9H14O2/c1-5-6-2-3-7(4-6)8(5)9(10)11/h6-7,9-11H,2-4H2,1H3. The van der Waals surface area contributed by atoms with Gasteiger partial charge in [0, 0.05) is 0 Å². The minimum Gasteiger partial charge on any atom is -0.365 e. The number of hydrogen-bond donors (Lipinski definition) is 2. The van der Waals surface area contributed by atoms with Crippen LogP contribution in [0.1, 0.15) is 26.2 Å². The molecule has 2 rings (SSSR count). The Morgan fingerprint density at radius 2 is 1.91 bits per heavy atom. The summed E-state index contributed by atoms with van der Waals surface area (Å²) in [6.45, 7) is 2.04. The van der Waals surface area contributed by atoms with Crippen LogP contribution in [0.4, 0.5) is 0 Å². The van der Waals surface area contributed by atoms with E-state index >= 15 is 0 Å². The van der Waals surface area contributed by atoms with Crippen molar-refractivity contribution >= 4 is 0 Å². The van der Waals surface area contributed by atoms with Crippen LogP contribution in [0.5, 0.6) is 0 Å². The van der Waals surface area contributed by atoms with Crippen LogP contribution in [0.3, 0.4) is 0 Å². The molecule has 0 amide bonds. The van der Waals surface area contributed by atoms with E-state index in [9.17, 15) is 0 Å². The summed E-state index contributed by atoms with van der Waals surface area (Å²) in [4.78, 5) is 0. The van der Waals surface area contributed by atoms with E-state index in [0.29, 0.717) is 11.8 Å². The van der Waals surface area contributed by atoms with Gasteiger partial charge in [0.1, 0.15) is 0 Å². The molecule has 0 heterocycles. The normalized spacial score (nSPS) is 36.0.